The summed E-state index contributed by atoms with van der Waals surface area (Å²) < 4.78 is 0. The Morgan fingerprint density at radius 1 is 1.35 bits per heavy atom. The minimum atomic E-state index is -0.378. The van der Waals surface area contributed by atoms with Gasteiger partial charge in [-0.25, -0.2) is 0 Å². The molecule has 0 aliphatic carbocycles. The second kappa shape index (κ2) is 6.08. The van der Waals surface area contributed by atoms with Gasteiger partial charge >= 0.3 is 0 Å². The number of nitrogens with one attached hydrogen (secondary N) is 2. The molecule has 2 N–H and O–H groups in total. The van der Waals surface area contributed by atoms with Gasteiger partial charge in [0.25, 0.3) is 5.69 Å². The number of rotatable bonds is 6. The number of benzene rings is 1. The molecule has 0 saturated heterocycles. The highest BCUT2D eigenvalue weighted by Crippen LogP contribution is 2.24. The van der Waals surface area contributed by atoms with Crippen LogP contribution in [0.15, 0.2) is 18.2 Å². The van der Waals surface area contributed by atoms with Gasteiger partial charge in [-0.2, -0.15) is 0 Å². The smallest absolute Gasteiger partial charge is 0.273 e. The number of hydrogen-bond acceptors (Lipinski definition) is 4. The van der Waals surface area contributed by atoms with E-state index in [2.05, 4.69) is 24.5 Å². The first kappa shape index (κ1) is 13.3. The van der Waals surface area contributed by atoms with Crippen molar-refractivity contribution in [3.63, 3.8) is 0 Å². The first-order chi connectivity index (χ1) is 8.06. The fourth-order valence-electron chi connectivity index (χ4n) is 1.73. The Balaban J connectivity index is 2.90. The maximum Gasteiger partial charge on any atom is 0.273 e. The van der Waals surface area contributed by atoms with Crippen LogP contribution in [0.3, 0.4) is 0 Å². The second-order valence-electron chi connectivity index (χ2n) is 4.11. The normalized spacial score (nSPS) is 11.9. The molecule has 0 bridgehead atoms. The molecule has 0 aliphatic rings. The molecule has 1 aromatic carbocycles. The van der Waals surface area contributed by atoms with Gasteiger partial charge in [0.2, 0.25) is 0 Å². The Kier molecular flexibility index (Phi) is 4.75. The van der Waals surface area contributed by atoms with Crippen molar-refractivity contribution >= 4 is 17.1 Å². The van der Waals surface area contributed by atoms with Crippen LogP contribution < -0.4 is 10.6 Å². The molecule has 0 aliphatic heterocycles. The summed E-state index contributed by atoms with van der Waals surface area (Å²) in [7, 11) is 1.75. The van der Waals surface area contributed by atoms with Gasteiger partial charge in [0, 0.05) is 36.6 Å². The third kappa shape index (κ3) is 3.94. The number of nitro benzene ring substituents is 1. The van der Waals surface area contributed by atoms with Crippen LogP contribution in [0, 0.1) is 10.1 Å². The lowest BCUT2D eigenvalue weighted by atomic mass is 10.1. The summed E-state index contributed by atoms with van der Waals surface area (Å²) in [6, 6.07) is 5.27. The first-order valence-electron chi connectivity index (χ1n) is 5.80. The maximum absolute atomic E-state index is 10.8. The zero-order chi connectivity index (χ0) is 12.8. The van der Waals surface area contributed by atoms with Gasteiger partial charge in [0.15, 0.2) is 0 Å². The average Bonchev–Trinajstić information content (AvgIpc) is 2.28. The van der Waals surface area contributed by atoms with E-state index < -0.39 is 0 Å². The van der Waals surface area contributed by atoms with Crippen molar-refractivity contribution in [2.45, 2.75) is 32.7 Å². The second-order valence-corrected chi connectivity index (χ2v) is 4.11. The number of hydrogen-bond donors (Lipinski definition) is 2. The molecule has 1 aromatic rings. The topological polar surface area (TPSA) is 67.2 Å². The standard InChI is InChI=1S/C12H19N3O2/c1-4-5-9(2)14-11-6-10(13-3)7-12(8-11)15(16)17/h6-9,13-14H,4-5H2,1-3H3. The average molecular weight is 237 g/mol. The van der Waals surface area contributed by atoms with E-state index in [1.165, 1.54) is 6.07 Å². The Morgan fingerprint density at radius 3 is 2.53 bits per heavy atom. The van der Waals surface area contributed by atoms with Crippen LogP contribution in [0.4, 0.5) is 17.1 Å². The van der Waals surface area contributed by atoms with Gasteiger partial charge in [-0.15, -0.1) is 0 Å². The zero-order valence-electron chi connectivity index (χ0n) is 10.5. The third-order valence-corrected chi connectivity index (χ3v) is 2.55. The van der Waals surface area contributed by atoms with E-state index in [1.54, 1.807) is 13.1 Å². The van der Waals surface area contributed by atoms with E-state index in [4.69, 9.17) is 0 Å². The summed E-state index contributed by atoms with van der Waals surface area (Å²) in [5.74, 6) is 0. The minimum absolute atomic E-state index is 0.100. The highest BCUT2D eigenvalue weighted by atomic mass is 16.6. The quantitative estimate of drug-likeness (QED) is 0.588. The van der Waals surface area contributed by atoms with Crippen molar-refractivity contribution in [1.29, 1.82) is 0 Å². The lowest BCUT2D eigenvalue weighted by Crippen LogP contribution is -2.14. The van der Waals surface area contributed by atoms with Crippen LogP contribution in [0.2, 0.25) is 0 Å². The van der Waals surface area contributed by atoms with Crippen molar-refractivity contribution in [1.82, 2.24) is 0 Å². The van der Waals surface area contributed by atoms with E-state index in [0.717, 1.165) is 24.2 Å². The van der Waals surface area contributed by atoms with Crippen molar-refractivity contribution in [2.75, 3.05) is 17.7 Å². The van der Waals surface area contributed by atoms with Crippen LogP contribution in [0.5, 0.6) is 0 Å². The molecule has 5 heteroatoms. The zero-order valence-corrected chi connectivity index (χ0v) is 10.5. The molecule has 17 heavy (non-hydrogen) atoms. The molecular formula is C12H19N3O2. The van der Waals surface area contributed by atoms with Crippen molar-refractivity contribution in [3.8, 4) is 0 Å². The van der Waals surface area contributed by atoms with Gasteiger partial charge < -0.3 is 10.6 Å². The molecule has 1 unspecified atom stereocenters. The highest BCUT2D eigenvalue weighted by Gasteiger charge is 2.10. The summed E-state index contributed by atoms with van der Waals surface area (Å²) in [6.07, 6.45) is 2.12. The molecule has 0 aromatic heterocycles. The number of nitrogens with zero attached hydrogens (tertiary/aromatic N) is 1. The van der Waals surface area contributed by atoms with Gasteiger partial charge in [-0.05, 0) is 19.4 Å². The molecule has 1 atom stereocenters. The molecule has 5 nitrogen and oxygen atoms in total. The fraction of sp³-hybridized carbons (Fsp3) is 0.500. The molecular weight excluding hydrogens is 218 g/mol. The van der Waals surface area contributed by atoms with Crippen molar-refractivity contribution in [3.05, 3.63) is 28.3 Å². The van der Waals surface area contributed by atoms with Gasteiger partial charge in [-0.3, -0.25) is 10.1 Å². The molecule has 0 saturated carbocycles. The Bertz CT molecular complexity index is 393. The van der Waals surface area contributed by atoms with Crippen molar-refractivity contribution in [2.24, 2.45) is 0 Å². The predicted octanol–water partition coefficient (Wildman–Crippen LogP) is 3.24. The summed E-state index contributed by atoms with van der Waals surface area (Å²) in [5, 5.41) is 17.0. The lowest BCUT2D eigenvalue weighted by molar-refractivity contribution is -0.384. The fourth-order valence-corrected chi connectivity index (χ4v) is 1.73. The largest absolute Gasteiger partial charge is 0.388 e. The van der Waals surface area contributed by atoms with Gasteiger partial charge in [0.05, 0.1) is 4.92 Å². The molecule has 0 fully saturated rings. The minimum Gasteiger partial charge on any atom is -0.388 e. The SMILES string of the molecule is CCCC(C)Nc1cc(NC)cc([N+](=O)[O-])c1. The summed E-state index contributed by atoms with van der Waals surface area (Å²) in [6.45, 7) is 4.19. The summed E-state index contributed by atoms with van der Waals surface area (Å²) in [4.78, 5) is 10.4. The number of nitro groups is 1. The predicted molar refractivity (Wildman–Crippen MR) is 70.6 cm³/mol. The van der Waals surface area contributed by atoms with E-state index in [0.29, 0.717) is 6.04 Å². The van der Waals surface area contributed by atoms with E-state index in [1.807, 2.05) is 6.07 Å². The molecule has 0 heterocycles. The monoisotopic (exact) mass is 237 g/mol. The lowest BCUT2D eigenvalue weighted by Gasteiger charge is -2.15. The van der Waals surface area contributed by atoms with Crippen LogP contribution >= 0.6 is 0 Å². The van der Waals surface area contributed by atoms with Crippen LogP contribution in [-0.2, 0) is 0 Å². The highest BCUT2D eigenvalue weighted by molar-refractivity contribution is 5.63. The van der Waals surface area contributed by atoms with Crippen LogP contribution in [0.1, 0.15) is 26.7 Å². The summed E-state index contributed by atoms with van der Waals surface area (Å²) >= 11 is 0. The Labute approximate surface area is 101 Å². The van der Waals surface area contributed by atoms with E-state index in [9.17, 15) is 10.1 Å². The molecule has 1 rings (SSSR count). The Hall–Kier alpha value is -1.78. The molecule has 94 valence electrons. The van der Waals surface area contributed by atoms with Gasteiger partial charge in [0.1, 0.15) is 0 Å². The van der Waals surface area contributed by atoms with Crippen molar-refractivity contribution < 1.29 is 4.92 Å². The first-order valence-corrected chi connectivity index (χ1v) is 5.80. The number of non-ortho nitro benzene ring substituents is 1. The van der Waals surface area contributed by atoms with Crippen LogP contribution in [-0.4, -0.2) is 18.0 Å². The Morgan fingerprint density at radius 2 is 2.00 bits per heavy atom. The van der Waals surface area contributed by atoms with E-state index >= 15 is 0 Å². The molecule has 0 radical (unpaired) electrons. The maximum atomic E-state index is 10.8. The molecule has 0 spiro atoms. The van der Waals surface area contributed by atoms with Crippen LogP contribution in [0.25, 0.3) is 0 Å². The summed E-state index contributed by atoms with van der Waals surface area (Å²) in [5.41, 5.74) is 1.62. The third-order valence-electron chi connectivity index (χ3n) is 2.55. The molecule has 0 amide bonds. The van der Waals surface area contributed by atoms with E-state index in [-0.39, 0.29) is 10.6 Å². The number of anilines is 2. The van der Waals surface area contributed by atoms with Gasteiger partial charge in [-0.1, -0.05) is 13.3 Å².